The van der Waals surface area contributed by atoms with Crippen molar-refractivity contribution in [3.63, 3.8) is 0 Å². The van der Waals surface area contributed by atoms with Gasteiger partial charge < -0.3 is 19.7 Å². The van der Waals surface area contributed by atoms with Crippen molar-refractivity contribution in [1.29, 1.82) is 0 Å². The third-order valence-electron chi connectivity index (χ3n) is 5.84. The summed E-state index contributed by atoms with van der Waals surface area (Å²) >= 11 is 0. The zero-order valence-electron chi connectivity index (χ0n) is 17.9. The number of nitrogens with zero attached hydrogens (tertiary/aromatic N) is 2. The molecule has 2 aliphatic rings. The Balaban J connectivity index is 1.19. The lowest BCUT2D eigenvalue weighted by Gasteiger charge is -2.34. The van der Waals surface area contributed by atoms with Gasteiger partial charge in [0, 0.05) is 45.9 Å². The van der Waals surface area contributed by atoms with E-state index in [4.69, 9.17) is 9.47 Å². The standard InChI is InChI=1S/C23H37N3O3/c1-20(29-19-22-10-7-17-28-22)23(27)24-11-5-6-12-25-13-15-26(16-14-25)18-21-8-3-2-4-9-21/h2-4,8-9,20,22H,5-7,10-19H2,1H3,(H,24,27). The van der Waals surface area contributed by atoms with Gasteiger partial charge in [-0.2, -0.15) is 0 Å². The molecule has 0 radical (unpaired) electrons. The summed E-state index contributed by atoms with van der Waals surface area (Å²) in [6.07, 6.45) is 4.01. The smallest absolute Gasteiger partial charge is 0.248 e. The van der Waals surface area contributed by atoms with Gasteiger partial charge in [-0.1, -0.05) is 30.3 Å². The van der Waals surface area contributed by atoms with Gasteiger partial charge in [-0.15, -0.1) is 0 Å². The SMILES string of the molecule is CC(OCC1CCCO1)C(=O)NCCCCN1CCN(Cc2ccccc2)CC1. The van der Waals surface area contributed by atoms with E-state index in [1.54, 1.807) is 0 Å². The molecule has 0 aromatic heterocycles. The maximum Gasteiger partial charge on any atom is 0.248 e. The predicted octanol–water partition coefficient (Wildman–Crippen LogP) is 2.28. The van der Waals surface area contributed by atoms with E-state index in [0.717, 1.165) is 78.1 Å². The molecule has 2 unspecified atom stereocenters. The Morgan fingerprint density at radius 2 is 1.93 bits per heavy atom. The summed E-state index contributed by atoms with van der Waals surface area (Å²) in [7, 11) is 0. The van der Waals surface area contributed by atoms with Gasteiger partial charge in [0.1, 0.15) is 6.10 Å². The van der Waals surface area contributed by atoms with Crippen molar-refractivity contribution in [1.82, 2.24) is 15.1 Å². The molecule has 6 nitrogen and oxygen atoms in total. The van der Waals surface area contributed by atoms with Crippen molar-refractivity contribution in [2.24, 2.45) is 0 Å². The highest BCUT2D eigenvalue weighted by Gasteiger charge is 2.20. The average molecular weight is 404 g/mol. The van der Waals surface area contributed by atoms with E-state index in [1.807, 2.05) is 6.92 Å². The Labute approximate surface area is 175 Å². The van der Waals surface area contributed by atoms with E-state index >= 15 is 0 Å². The highest BCUT2D eigenvalue weighted by molar-refractivity contribution is 5.80. The lowest BCUT2D eigenvalue weighted by Crippen LogP contribution is -2.46. The molecule has 3 rings (SSSR count). The van der Waals surface area contributed by atoms with Crippen LogP contribution in [0.1, 0.15) is 38.2 Å². The van der Waals surface area contributed by atoms with Crippen LogP contribution in [0.4, 0.5) is 0 Å². The molecular weight excluding hydrogens is 366 g/mol. The number of carbonyl (C=O) groups excluding carboxylic acids is 1. The zero-order valence-corrected chi connectivity index (χ0v) is 17.9. The second kappa shape index (κ2) is 12.3. The molecule has 2 fully saturated rings. The monoisotopic (exact) mass is 403 g/mol. The number of rotatable bonds is 11. The first-order valence-electron chi connectivity index (χ1n) is 11.2. The first kappa shape index (κ1) is 22.2. The van der Waals surface area contributed by atoms with Crippen molar-refractivity contribution < 1.29 is 14.3 Å². The third-order valence-corrected chi connectivity index (χ3v) is 5.84. The normalized spacial score (nSPS) is 21.9. The Hall–Kier alpha value is -1.47. The van der Waals surface area contributed by atoms with Crippen LogP contribution in [0.2, 0.25) is 0 Å². The summed E-state index contributed by atoms with van der Waals surface area (Å²) in [5.74, 6) is -0.0162. The van der Waals surface area contributed by atoms with Crippen molar-refractivity contribution in [2.75, 3.05) is 52.5 Å². The molecule has 0 bridgehead atoms. The quantitative estimate of drug-likeness (QED) is 0.575. The third kappa shape index (κ3) is 8.05. The fourth-order valence-electron chi connectivity index (χ4n) is 3.93. The Morgan fingerprint density at radius 1 is 1.17 bits per heavy atom. The van der Waals surface area contributed by atoms with Crippen LogP contribution in [-0.2, 0) is 20.8 Å². The van der Waals surface area contributed by atoms with E-state index in [-0.39, 0.29) is 12.0 Å². The van der Waals surface area contributed by atoms with Crippen molar-refractivity contribution in [2.45, 2.75) is 51.4 Å². The van der Waals surface area contributed by atoms with Gasteiger partial charge in [0.05, 0.1) is 12.7 Å². The van der Waals surface area contributed by atoms with Gasteiger partial charge in [0.15, 0.2) is 0 Å². The summed E-state index contributed by atoms with van der Waals surface area (Å²) in [5, 5.41) is 3.00. The van der Waals surface area contributed by atoms with Gasteiger partial charge in [-0.25, -0.2) is 0 Å². The number of ether oxygens (including phenoxy) is 2. The summed E-state index contributed by atoms with van der Waals surface area (Å²) in [5.41, 5.74) is 1.39. The number of nitrogens with one attached hydrogen (secondary N) is 1. The highest BCUT2D eigenvalue weighted by atomic mass is 16.5. The molecule has 2 saturated heterocycles. The largest absolute Gasteiger partial charge is 0.376 e. The number of hydrogen-bond acceptors (Lipinski definition) is 5. The average Bonchev–Trinajstić information content (AvgIpc) is 3.27. The minimum Gasteiger partial charge on any atom is -0.376 e. The van der Waals surface area contributed by atoms with Gasteiger partial charge in [-0.05, 0) is 44.7 Å². The Morgan fingerprint density at radius 3 is 2.66 bits per heavy atom. The molecule has 0 saturated carbocycles. The van der Waals surface area contributed by atoms with Gasteiger partial charge in [-0.3, -0.25) is 9.69 Å². The first-order chi connectivity index (χ1) is 14.2. The van der Waals surface area contributed by atoms with Crippen LogP contribution in [0.25, 0.3) is 0 Å². The Bertz CT molecular complexity index is 584. The molecule has 2 aliphatic heterocycles. The van der Waals surface area contributed by atoms with Gasteiger partial charge in [0.2, 0.25) is 5.91 Å². The number of piperazine rings is 1. The van der Waals surface area contributed by atoms with Crippen LogP contribution >= 0.6 is 0 Å². The van der Waals surface area contributed by atoms with E-state index in [1.165, 1.54) is 5.56 Å². The molecule has 0 aliphatic carbocycles. The molecule has 1 aromatic carbocycles. The minimum absolute atomic E-state index is 0.0162. The van der Waals surface area contributed by atoms with Gasteiger partial charge >= 0.3 is 0 Å². The molecule has 0 spiro atoms. The highest BCUT2D eigenvalue weighted by Crippen LogP contribution is 2.13. The maximum atomic E-state index is 12.1. The fraction of sp³-hybridized carbons (Fsp3) is 0.696. The first-order valence-corrected chi connectivity index (χ1v) is 11.2. The molecular formula is C23H37N3O3. The zero-order chi connectivity index (χ0) is 20.3. The second-order valence-electron chi connectivity index (χ2n) is 8.21. The van der Waals surface area contributed by atoms with E-state index < -0.39 is 6.10 Å². The number of hydrogen-bond donors (Lipinski definition) is 1. The molecule has 162 valence electrons. The molecule has 1 amide bonds. The summed E-state index contributed by atoms with van der Waals surface area (Å²) in [6, 6.07) is 10.7. The second-order valence-corrected chi connectivity index (χ2v) is 8.21. The van der Waals surface area contributed by atoms with Crippen LogP contribution in [0.5, 0.6) is 0 Å². The molecule has 2 heterocycles. The summed E-state index contributed by atoms with van der Waals surface area (Å²) < 4.78 is 11.2. The van der Waals surface area contributed by atoms with Crippen molar-refractivity contribution >= 4 is 5.91 Å². The molecule has 2 atom stereocenters. The lowest BCUT2D eigenvalue weighted by molar-refractivity contribution is -0.133. The summed E-state index contributed by atoms with van der Waals surface area (Å²) in [6.45, 7) is 10.6. The van der Waals surface area contributed by atoms with E-state index in [9.17, 15) is 4.79 Å². The van der Waals surface area contributed by atoms with Crippen LogP contribution in [0, 0.1) is 0 Å². The number of carbonyl (C=O) groups is 1. The number of amides is 1. The minimum atomic E-state index is -0.406. The fourth-order valence-corrected chi connectivity index (χ4v) is 3.93. The van der Waals surface area contributed by atoms with Crippen molar-refractivity contribution in [3.8, 4) is 0 Å². The summed E-state index contributed by atoms with van der Waals surface area (Å²) in [4.78, 5) is 17.2. The predicted molar refractivity (Wildman–Crippen MR) is 115 cm³/mol. The Kier molecular flexibility index (Phi) is 9.41. The maximum absolute atomic E-state index is 12.1. The molecule has 1 aromatic rings. The van der Waals surface area contributed by atoms with Crippen LogP contribution in [0.3, 0.4) is 0 Å². The van der Waals surface area contributed by atoms with E-state index in [0.29, 0.717) is 6.61 Å². The van der Waals surface area contributed by atoms with Crippen molar-refractivity contribution in [3.05, 3.63) is 35.9 Å². The van der Waals surface area contributed by atoms with Crippen LogP contribution in [-0.4, -0.2) is 80.4 Å². The van der Waals surface area contributed by atoms with E-state index in [2.05, 4.69) is 45.4 Å². The topological polar surface area (TPSA) is 54.0 Å². The molecule has 1 N–H and O–H groups in total. The van der Waals surface area contributed by atoms with Gasteiger partial charge in [0.25, 0.3) is 0 Å². The lowest BCUT2D eigenvalue weighted by atomic mass is 10.2. The van der Waals surface area contributed by atoms with Crippen LogP contribution < -0.4 is 5.32 Å². The van der Waals surface area contributed by atoms with Crippen LogP contribution in [0.15, 0.2) is 30.3 Å². The molecule has 29 heavy (non-hydrogen) atoms. The number of unbranched alkanes of at least 4 members (excludes halogenated alkanes) is 1. The number of benzene rings is 1. The molecule has 6 heteroatoms.